The number of aldehydes is 1. The molecule has 2 aromatic carbocycles. The highest BCUT2D eigenvalue weighted by Crippen LogP contribution is 2.30. The number of carbonyl (C=O) groups is 2. The molecule has 2 aromatic heterocycles. The Labute approximate surface area is 225 Å². The van der Waals surface area contributed by atoms with E-state index in [-0.39, 0.29) is 40.1 Å². The monoisotopic (exact) mass is 558 g/mol. The molecule has 0 atom stereocenters. The minimum atomic E-state index is -4.97. The fourth-order valence-electron chi connectivity index (χ4n) is 3.91. The molecule has 4 aromatic rings. The van der Waals surface area contributed by atoms with Gasteiger partial charge in [-0.15, -0.1) is 13.2 Å². The quantitative estimate of drug-likeness (QED) is 0.318. The summed E-state index contributed by atoms with van der Waals surface area (Å²) >= 11 is 6.15. The van der Waals surface area contributed by atoms with Crippen LogP contribution in [0.25, 0.3) is 33.5 Å². The van der Waals surface area contributed by atoms with E-state index in [0.29, 0.717) is 16.9 Å². The third-order valence-corrected chi connectivity index (χ3v) is 5.58. The normalized spacial score (nSPS) is 11.9. The number of nitrogens with zero attached hydrogens (tertiary/aromatic N) is 3. The van der Waals surface area contributed by atoms with Gasteiger partial charge >= 0.3 is 6.36 Å². The van der Waals surface area contributed by atoms with Crippen LogP contribution in [0.15, 0.2) is 59.5 Å². The number of ether oxygens (including phenoxy) is 1. The Hall–Kier alpha value is -4.25. The lowest BCUT2D eigenvalue weighted by molar-refractivity contribution is -0.274. The van der Waals surface area contributed by atoms with E-state index in [1.54, 1.807) is 45.0 Å². The summed E-state index contributed by atoms with van der Waals surface area (Å²) in [5, 5.41) is 3.20. The molecule has 1 N–H and O–H groups in total. The molecule has 0 saturated carbocycles. The Morgan fingerprint density at radius 1 is 1.08 bits per heavy atom. The van der Waals surface area contributed by atoms with Crippen molar-refractivity contribution in [3.05, 3.63) is 75.7 Å². The molecular formula is C27H22ClF3N4O4. The Kier molecular flexibility index (Phi) is 7.47. The fraction of sp³-hybridized carbons (Fsp3) is 0.222. The molecule has 0 aliphatic rings. The number of hydrogen-bond acceptors (Lipinski definition) is 6. The third-order valence-electron chi connectivity index (χ3n) is 5.34. The maximum atomic E-state index is 13.7. The lowest BCUT2D eigenvalue weighted by atomic mass is 10.0. The Morgan fingerprint density at radius 2 is 1.82 bits per heavy atom. The number of nitrogens with one attached hydrogen (secondary N) is 1. The molecule has 0 saturated heterocycles. The van der Waals surface area contributed by atoms with Crippen molar-refractivity contribution in [3.63, 3.8) is 0 Å². The van der Waals surface area contributed by atoms with Crippen LogP contribution in [-0.4, -0.2) is 38.6 Å². The zero-order chi connectivity index (χ0) is 28.5. The predicted molar refractivity (Wildman–Crippen MR) is 140 cm³/mol. The SMILES string of the molecule is CC(C)(C)NC(=O)Cn1c(-c2cccc(Cl)c2)nc2ncc(-c3cc(C=O)cc(OC(F)(F)F)c3)cc2c1=O. The summed E-state index contributed by atoms with van der Waals surface area (Å²) < 4.78 is 43.6. The van der Waals surface area contributed by atoms with Crippen LogP contribution in [0, 0.1) is 0 Å². The number of pyridine rings is 1. The van der Waals surface area contributed by atoms with Gasteiger partial charge in [-0.25, -0.2) is 9.97 Å². The second kappa shape index (κ2) is 10.5. The Balaban J connectivity index is 1.89. The van der Waals surface area contributed by atoms with E-state index in [0.717, 1.165) is 12.1 Å². The van der Waals surface area contributed by atoms with Crippen molar-refractivity contribution in [2.24, 2.45) is 0 Å². The van der Waals surface area contributed by atoms with Gasteiger partial charge in [-0.3, -0.25) is 19.0 Å². The zero-order valence-corrected chi connectivity index (χ0v) is 21.7. The average molecular weight is 559 g/mol. The number of fused-ring (bicyclic) bond motifs is 1. The first-order chi connectivity index (χ1) is 18.2. The number of amides is 1. The summed E-state index contributed by atoms with van der Waals surface area (Å²) in [6, 6.07) is 11.3. The van der Waals surface area contributed by atoms with Crippen LogP contribution in [0.1, 0.15) is 31.1 Å². The van der Waals surface area contributed by atoms with Crippen LogP contribution in [-0.2, 0) is 11.3 Å². The van der Waals surface area contributed by atoms with Gasteiger partial charge in [0.25, 0.3) is 5.56 Å². The molecule has 4 rings (SSSR count). The lowest BCUT2D eigenvalue weighted by Crippen LogP contribution is -2.43. The number of aromatic nitrogens is 3. The first kappa shape index (κ1) is 27.8. The van der Waals surface area contributed by atoms with Gasteiger partial charge in [0.1, 0.15) is 24.4 Å². The highest BCUT2D eigenvalue weighted by atomic mass is 35.5. The highest BCUT2D eigenvalue weighted by Gasteiger charge is 2.31. The molecule has 0 fully saturated rings. The van der Waals surface area contributed by atoms with Crippen LogP contribution in [0.5, 0.6) is 5.75 Å². The number of halogens is 4. The van der Waals surface area contributed by atoms with Crippen molar-refractivity contribution in [2.45, 2.75) is 39.2 Å². The molecule has 0 aliphatic heterocycles. The standard InChI is InChI=1S/C27H22ClF3N4O4/c1-26(2,3)34-22(37)13-35-24(16-5-4-6-19(28)9-16)33-23-21(25(35)38)11-18(12-32-23)17-7-15(14-36)8-20(10-17)39-27(29,30)31/h4-12,14H,13H2,1-3H3,(H,34,37). The zero-order valence-electron chi connectivity index (χ0n) is 21.0. The molecule has 0 aliphatic carbocycles. The van der Waals surface area contributed by atoms with E-state index < -0.39 is 29.1 Å². The smallest absolute Gasteiger partial charge is 0.406 e. The van der Waals surface area contributed by atoms with Crippen LogP contribution in [0.4, 0.5) is 13.2 Å². The van der Waals surface area contributed by atoms with Crippen molar-refractivity contribution in [1.29, 1.82) is 0 Å². The molecule has 0 radical (unpaired) electrons. The molecule has 1 amide bonds. The molecule has 12 heteroatoms. The third kappa shape index (κ3) is 6.80. The van der Waals surface area contributed by atoms with Crippen LogP contribution >= 0.6 is 11.6 Å². The van der Waals surface area contributed by atoms with E-state index in [1.165, 1.54) is 22.9 Å². The minimum Gasteiger partial charge on any atom is -0.406 e. The maximum Gasteiger partial charge on any atom is 0.573 e. The van der Waals surface area contributed by atoms with E-state index in [1.807, 2.05) is 0 Å². The Morgan fingerprint density at radius 3 is 2.46 bits per heavy atom. The van der Waals surface area contributed by atoms with E-state index >= 15 is 0 Å². The van der Waals surface area contributed by atoms with Crippen molar-refractivity contribution < 1.29 is 27.5 Å². The molecule has 202 valence electrons. The first-order valence-corrected chi connectivity index (χ1v) is 11.9. The van der Waals surface area contributed by atoms with Gasteiger partial charge in [-0.2, -0.15) is 0 Å². The molecule has 8 nitrogen and oxygen atoms in total. The molecule has 0 bridgehead atoms. The van der Waals surface area contributed by atoms with Crippen molar-refractivity contribution >= 4 is 34.8 Å². The average Bonchev–Trinajstić information content (AvgIpc) is 2.83. The number of benzene rings is 2. The van der Waals surface area contributed by atoms with Crippen LogP contribution in [0.3, 0.4) is 0 Å². The number of rotatable bonds is 6. The number of hydrogen-bond donors (Lipinski definition) is 1. The first-order valence-electron chi connectivity index (χ1n) is 11.6. The summed E-state index contributed by atoms with van der Waals surface area (Å²) in [7, 11) is 0. The second-order valence-electron chi connectivity index (χ2n) is 9.69. The summed E-state index contributed by atoms with van der Waals surface area (Å²) in [4.78, 5) is 46.6. The Bertz CT molecular complexity index is 1650. The molecule has 0 unspecified atom stereocenters. The van der Waals surface area contributed by atoms with Gasteiger partial charge in [0.15, 0.2) is 5.65 Å². The van der Waals surface area contributed by atoms with Crippen molar-refractivity contribution in [3.8, 4) is 28.3 Å². The minimum absolute atomic E-state index is 0.0108. The number of carbonyl (C=O) groups excluding carboxylic acids is 2. The summed E-state index contributed by atoms with van der Waals surface area (Å²) in [6.45, 7) is 5.02. The summed E-state index contributed by atoms with van der Waals surface area (Å²) in [5.74, 6) is -0.887. The van der Waals surface area contributed by atoms with E-state index in [2.05, 4.69) is 20.0 Å². The number of alkyl halides is 3. The lowest BCUT2D eigenvalue weighted by Gasteiger charge is -2.21. The van der Waals surface area contributed by atoms with Gasteiger partial charge in [0.05, 0.1) is 5.39 Å². The van der Waals surface area contributed by atoms with Crippen molar-refractivity contribution in [1.82, 2.24) is 19.9 Å². The molecular weight excluding hydrogens is 537 g/mol. The maximum absolute atomic E-state index is 13.7. The van der Waals surface area contributed by atoms with E-state index in [9.17, 15) is 27.6 Å². The van der Waals surface area contributed by atoms with Gasteiger partial charge in [0.2, 0.25) is 5.91 Å². The fourth-order valence-corrected chi connectivity index (χ4v) is 4.10. The van der Waals surface area contributed by atoms with Gasteiger partial charge in [-0.05, 0) is 62.7 Å². The van der Waals surface area contributed by atoms with Gasteiger partial charge in [-0.1, -0.05) is 23.7 Å². The highest BCUT2D eigenvalue weighted by molar-refractivity contribution is 6.30. The van der Waals surface area contributed by atoms with Gasteiger partial charge < -0.3 is 10.1 Å². The molecule has 2 heterocycles. The molecule has 39 heavy (non-hydrogen) atoms. The summed E-state index contributed by atoms with van der Waals surface area (Å²) in [5.41, 5.74) is -0.324. The van der Waals surface area contributed by atoms with Crippen molar-refractivity contribution in [2.75, 3.05) is 0 Å². The van der Waals surface area contributed by atoms with Gasteiger partial charge in [0, 0.05) is 33.4 Å². The topological polar surface area (TPSA) is 103 Å². The predicted octanol–water partition coefficient (Wildman–Crippen LogP) is 5.40. The largest absolute Gasteiger partial charge is 0.573 e. The van der Waals surface area contributed by atoms with Crippen LogP contribution in [0.2, 0.25) is 5.02 Å². The van der Waals surface area contributed by atoms with Crippen LogP contribution < -0.4 is 15.6 Å². The molecule has 0 spiro atoms. The second-order valence-corrected chi connectivity index (χ2v) is 10.1. The van der Waals surface area contributed by atoms with E-state index in [4.69, 9.17) is 11.6 Å². The summed E-state index contributed by atoms with van der Waals surface area (Å²) in [6.07, 6.45) is -3.28.